The Bertz CT molecular complexity index is 793. The van der Waals surface area contributed by atoms with Crippen molar-refractivity contribution in [1.29, 1.82) is 0 Å². The van der Waals surface area contributed by atoms with E-state index in [1.165, 1.54) is 10.4 Å². The van der Waals surface area contributed by atoms with E-state index in [2.05, 4.69) is 48.4 Å². The van der Waals surface area contributed by atoms with E-state index in [0.717, 1.165) is 29.9 Å². The Balaban J connectivity index is 2.03. The number of thiazole rings is 1. The third-order valence-electron chi connectivity index (χ3n) is 5.12. The summed E-state index contributed by atoms with van der Waals surface area (Å²) in [5, 5.41) is 3.46. The summed E-state index contributed by atoms with van der Waals surface area (Å²) in [5.74, 6) is 1.61. The molecule has 1 aromatic carbocycles. The lowest BCUT2D eigenvalue weighted by Crippen LogP contribution is -2.41. The number of ketones is 1. The summed E-state index contributed by atoms with van der Waals surface area (Å²) in [4.78, 5) is 18.7. The van der Waals surface area contributed by atoms with Crippen molar-refractivity contribution >= 4 is 22.9 Å². The summed E-state index contributed by atoms with van der Waals surface area (Å²) in [6.07, 6.45) is 2.43. The Labute approximate surface area is 140 Å². The van der Waals surface area contributed by atoms with Crippen LogP contribution in [-0.2, 0) is 10.2 Å². The van der Waals surface area contributed by atoms with Crippen molar-refractivity contribution in [3.8, 4) is 0 Å². The summed E-state index contributed by atoms with van der Waals surface area (Å²) < 4.78 is 0. The SMILES string of the molecule is CCC1(c2ccccc2)C2=C(CC(C)CC2=O)Nc2ncsc21. The van der Waals surface area contributed by atoms with Crippen LogP contribution in [0.2, 0.25) is 0 Å². The highest BCUT2D eigenvalue weighted by atomic mass is 32.1. The molecule has 1 aliphatic carbocycles. The molecule has 0 radical (unpaired) electrons. The number of aromatic nitrogens is 1. The number of Topliss-reactive ketones (excluding diaryl/α,β-unsaturated/α-hetero) is 1. The first kappa shape index (κ1) is 14.6. The number of nitrogens with zero attached hydrogens (tertiary/aromatic N) is 1. The molecule has 23 heavy (non-hydrogen) atoms. The lowest BCUT2D eigenvalue weighted by Gasteiger charge is -2.42. The number of hydrogen-bond acceptors (Lipinski definition) is 4. The molecule has 2 aliphatic rings. The van der Waals surface area contributed by atoms with Crippen LogP contribution in [0.5, 0.6) is 0 Å². The Morgan fingerprint density at radius 2 is 2.09 bits per heavy atom. The third kappa shape index (κ3) is 2.01. The molecule has 1 aromatic heterocycles. The summed E-state index contributed by atoms with van der Waals surface area (Å²) >= 11 is 1.65. The molecule has 1 N–H and O–H groups in total. The number of allylic oxidation sites excluding steroid dienone is 2. The Hall–Kier alpha value is -1.94. The molecule has 2 heterocycles. The maximum absolute atomic E-state index is 13.0. The van der Waals surface area contributed by atoms with Crippen molar-refractivity contribution in [1.82, 2.24) is 4.98 Å². The Kier molecular flexibility index (Phi) is 3.38. The molecule has 4 rings (SSSR count). The lowest BCUT2D eigenvalue weighted by molar-refractivity contribution is -0.117. The number of carbonyl (C=O) groups excluding carboxylic acids is 1. The van der Waals surface area contributed by atoms with Crippen molar-refractivity contribution in [2.75, 3.05) is 5.32 Å². The van der Waals surface area contributed by atoms with Gasteiger partial charge in [0.1, 0.15) is 5.82 Å². The van der Waals surface area contributed by atoms with E-state index >= 15 is 0 Å². The molecular weight excluding hydrogens is 304 g/mol. The minimum atomic E-state index is -0.352. The predicted molar refractivity (Wildman–Crippen MR) is 93.7 cm³/mol. The summed E-state index contributed by atoms with van der Waals surface area (Å²) in [6, 6.07) is 10.4. The first-order chi connectivity index (χ1) is 11.2. The van der Waals surface area contributed by atoms with Crippen molar-refractivity contribution in [3.05, 3.63) is 57.6 Å². The van der Waals surface area contributed by atoms with Crippen LogP contribution in [0.3, 0.4) is 0 Å². The second kappa shape index (κ2) is 5.31. The van der Waals surface area contributed by atoms with Gasteiger partial charge in [-0.2, -0.15) is 0 Å². The topological polar surface area (TPSA) is 42.0 Å². The zero-order valence-electron chi connectivity index (χ0n) is 13.4. The second-order valence-corrected chi connectivity index (χ2v) is 7.42. The number of fused-ring (bicyclic) bond motifs is 1. The van der Waals surface area contributed by atoms with E-state index in [1.807, 2.05) is 11.6 Å². The van der Waals surface area contributed by atoms with Crippen LogP contribution < -0.4 is 5.32 Å². The quantitative estimate of drug-likeness (QED) is 0.883. The first-order valence-electron chi connectivity index (χ1n) is 8.20. The average molecular weight is 324 g/mol. The Morgan fingerprint density at radius 1 is 1.30 bits per heavy atom. The van der Waals surface area contributed by atoms with Crippen LogP contribution in [0.25, 0.3) is 0 Å². The number of benzene rings is 1. The van der Waals surface area contributed by atoms with E-state index in [-0.39, 0.29) is 11.2 Å². The van der Waals surface area contributed by atoms with Gasteiger partial charge in [-0.1, -0.05) is 44.2 Å². The highest BCUT2D eigenvalue weighted by molar-refractivity contribution is 7.10. The van der Waals surface area contributed by atoms with Gasteiger partial charge in [0.05, 0.1) is 15.8 Å². The van der Waals surface area contributed by atoms with Gasteiger partial charge in [0.2, 0.25) is 0 Å². The van der Waals surface area contributed by atoms with Gasteiger partial charge in [0.25, 0.3) is 0 Å². The van der Waals surface area contributed by atoms with E-state index in [4.69, 9.17) is 0 Å². The normalized spacial score (nSPS) is 26.5. The standard InChI is InChI=1S/C19H20N2OS/c1-3-19(13-7-5-4-6-8-13)16-14(9-12(2)10-15(16)22)21-18-17(19)23-11-20-18/h4-8,11-12,21H,3,9-10H2,1-2H3. The average Bonchev–Trinajstić information content (AvgIpc) is 3.02. The van der Waals surface area contributed by atoms with Gasteiger partial charge in [-0.25, -0.2) is 4.98 Å². The van der Waals surface area contributed by atoms with Crippen LogP contribution in [0.1, 0.15) is 43.6 Å². The van der Waals surface area contributed by atoms with Crippen molar-refractivity contribution in [3.63, 3.8) is 0 Å². The molecule has 4 heteroatoms. The number of carbonyl (C=O) groups is 1. The molecule has 0 amide bonds. The van der Waals surface area contributed by atoms with Gasteiger partial charge in [-0.05, 0) is 24.3 Å². The van der Waals surface area contributed by atoms with Crippen LogP contribution in [0.4, 0.5) is 5.82 Å². The van der Waals surface area contributed by atoms with Crippen molar-refractivity contribution in [2.45, 2.75) is 38.5 Å². The van der Waals surface area contributed by atoms with E-state index in [9.17, 15) is 4.79 Å². The molecular formula is C19H20N2OS. The fraction of sp³-hybridized carbons (Fsp3) is 0.368. The van der Waals surface area contributed by atoms with Crippen LogP contribution in [0.15, 0.2) is 47.1 Å². The van der Waals surface area contributed by atoms with E-state index < -0.39 is 0 Å². The van der Waals surface area contributed by atoms with Crippen LogP contribution >= 0.6 is 11.3 Å². The molecule has 3 nitrogen and oxygen atoms in total. The molecule has 1 aliphatic heterocycles. The van der Waals surface area contributed by atoms with Gasteiger partial charge in [-0.3, -0.25) is 4.79 Å². The summed E-state index contributed by atoms with van der Waals surface area (Å²) in [6.45, 7) is 4.33. The summed E-state index contributed by atoms with van der Waals surface area (Å²) in [7, 11) is 0. The third-order valence-corrected chi connectivity index (χ3v) is 6.10. The molecule has 2 aromatic rings. The minimum absolute atomic E-state index is 0.288. The fourth-order valence-electron chi connectivity index (χ4n) is 4.15. The first-order valence-corrected chi connectivity index (χ1v) is 9.08. The second-order valence-electron chi connectivity index (χ2n) is 6.57. The zero-order chi connectivity index (χ0) is 16.0. The van der Waals surface area contributed by atoms with E-state index in [1.54, 1.807) is 11.3 Å². The highest BCUT2D eigenvalue weighted by Gasteiger charge is 2.48. The largest absolute Gasteiger partial charge is 0.342 e. The summed E-state index contributed by atoms with van der Waals surface area (Å²) in [5.41, 5.74) is 4.79. The van der Waals surface area contributed by atoms with Gasteiger partial charge < -0.3 is 5.32 Å². The molecule has 118 valence electrons. The van der Waals surface area contributed by atoms with Crippen LogP contribution in [-0.4, -0.2) is 10.8 Å². The smallest absolute Gasteiger partial charge is 0.162 e. The Morgan fingerprint density at radius 3 is 2.83 bits per heavy atom. The van der Waals surface area contributed by atoms with Gasteiger partial charge in [-0.15, -0.1) is 11.3 Å². The molecule has 0 bridgehead atoms. The van der Waals surface area contributed by atoms with Gasteiger partial charge in [0.15, 0.2) is 5.78 Å². The number of nitrogens with one attached hydrogen (secondary N) is 1. The molecule has 0 spiro atoms. The minimum Gasteiger partial charge on any atom is -0.342 e. The molecule has 2 atom stereocenters. The van der Waals surface area contributed by atoms with Crippen molar-refractivity contribution in [2.24, 2.45) is 5.92 Å². The van der Waals surface area contributed by atoms with E-state index in [0.29, 0.717) is 12.3 Å². The molecule has 0 fully saturated rings. The number of hydrogen-bond donors (Lipinski definition) is 1. The highest BCUT2D eigenvalue weighted by Crippen LogP contribution is 2.53. The molecule has 0 saturated heterocycles. The monoisotopic (exact) mass is 324 g/mol. The molecule has 2 unspecified atom stereocenters. The van der Waals surface area contributed by atoms with Gasteiger partial charge in [0, 0.05) is 17.7 Å². The van der Waals surface area contributed by atoms with Crippen LogP contribution in [0, 0.1) is 5.92 Å². The number of anilines is 1. The fourth-order valence-corrected chi connectivity index (χ4v) is 5.20. The van der Waals surface area contributed by atoms with Crippen molar-refractivity contribution < 1.29 is 4.79 Å². The predicted octanol–water partition coefficient (Wildman–Crippen LogP) is 4.52. The maximum Gasteiger partial charge on any atom is 0.162 e. The lowest BCUT2D eigenvalue weighted by atomic mass is 9.64. The maximum atomic E-state index is 13.0. The number of rotatable bonds is 2. The van der Waals surface area contributed by atoms with Gasteiger partial charge >= 0.3 is 0 Å². The molecule has 0 saturated carbocycles. The zero-order valence-corrected chi connectivity index (χ0v) is 14.2.